The third-order valence-corrected chi connectivity index (χ3v) is 2.91. The van der Waals surface area contributed by atoms with Crippen LogP contribution < -0.4 is 0 Å². The average Bonchev–Trinajstić information content (AvgIpc) is 2.20. The van der Waals surface area contributed by atoms with Crippen LogP contribution >= 0.6 is 0 Å². The maximum atomic E-state index is 8.80. The molecule has 1 saturated heterocycles. The minimum Gasteiger partial charge on any atom is -0.375 e. The van der Waals surface area contributed by atoms with Crippen LogP contribution in [0.2, 0.25) is 0 Å². The molecule has 13 heavy (non-hydrogen) atoms. The zero-order valence-electron chi connectivity index (χ0n) is 8.53. The predicted molar refractivity (Wildman–Crippen MR) is 50.5 cm³/mol. The Hall–Kier alpha value is -0.120. The van der Waals surface area contributed by atoms with Crippen molar-refractivity contribution in [2.45, 2.75) is 51.7 Å². The van der Waals surface area contributed by atoms with Gasteiger partial charge in [0.2, 0.25) is 0 Å². The summed E-state index contributed by atoms with van der Waals surface area (Å²) in [6.07, 6.45) is 4.27. The number of rotatable bonds is 4. The van der Waals surface area contributed by atoms with E-state index in [1.807, 2.05) is 0 Å². The van der Waals surface area contributed by atoms with Crippen molar-refractivity contribution in [1.29, 1.82) is 0 Å². The van der Waals surface area contributed by atoms with E-state index in [1.54, 1.807) is 0 Å². The Kier molecular flexibility index (Phi) is 4.70. The van der Waals surface area contributed by atoms with Gasteiger partial charge in [-0.3, -0.25) is 5.26 Å². The van der Waals surface area contributed by atoms with Crippen molar-refractivity contribution in [2.75, 3.05) is 6.61 Å². The number of hydrogen-bond donors (Lipinski definition) is 1. The van der Waals surface area contributed by atoms with Crippen molar-refractivity contribution in [1.82, 2.24) is 0 Å². The van der Waals surface area contributed by atoms with E-state index in [9.17, 15) is 0 Å². The van der Waals surface area contributed by atoms with Gasteiger partial charge in [-0.15, -0.1) is 0 Å². The topological polar surface area (TPSA) is 38.7 Å². The summed E-state index contributed by atoms with van der Waals surface area (Å²) in [5.74, 6) is 0.355. The Morgan fingerprint density at radius 1 is 1.54 bits per heavy atom. The summed E-state index contributed by atoms with van der Waals surface area (Å²) >= 11 is 0. The van der Waals surface area contributed by atoms with Crippen molar-refractivity contribution >= 4 is 0 Å². The molecule has 0 amide bonds. The maximum absolute atomic E-state index is 8.80. The van der Waals surface area contributed by atoms with Gasteiger partial charge in [-0.2, -0.15) is 0 Å². The van der Waals surface area contributed by atoms with Gasteiger partial charge >= 0.3 is 0 Å². The summed E-state index contributed by atoms with van der Waals surface area (Å²) in [5, 5.41) is 8.80. The monoisotopic (exact) mass is 188 g/mol. The fourth-order valence-corrected chi connectivity index (χ4v) is 1.80. The fraction of sp³-hybridized carbons (Fsp3) is 1.00. The van der Waals surface area contributed by atoms with Crippen molar-refractivity contribution in [3.63, 3.8) is 0 Å². The van der Waals surface area contributed by atoms with Crippen molar-refractivity contribution in [3.8, 4) is 0 Å². The van der Waals surface area contributed by atoms with E-state index in [1.165, 1.54) is 6.42 Å². The van der Waals surface area contributed by atoms with E-state index in [2.05, 4.69) is 18.7 Å². The van der Waals surface area contributed by atoms with E-state index < -0.39 is 0 Å². The molecule has 0 bridgehead atoms. The molecular formula is C10H20O3. The molecule has 0 aromatic carbocycles. The van der Waals surface area contributed by atoms with Crippen LogP contribution in [0.1, 0.15) is 39.5 Å². The van der Waals surface area contributed by atoms with Crippen LogP contribution in [0, 0.1) is 5.92 Å². The maximum Gasteiger partial charge on any atom is 0.121 e. The van der Waals surface area contributed by atoms with E-state index in [0.29, 0.717) is 5.92 Å². The van der Waals surface area contributed by atoms with Crippen molar-refractivity contribution in [2.24, 2.45) is 5.92 Å². The minimum absolute atomic E-state index is 0.0914. The molecule has 78 valence electrons. The molecular weight excluding hydrogens is 168 g/mol. The highest BCUT2D eigenvalue weighted by Gasteiger charge is 2.29. The predicted octanol–water partition coefficient (Wildman–Crippen LogP) is 2.46. The molecule has 0 saturated carbocycles. The summed E-state index contributed by atoms with van der Waals surface area (Å²) in [5.41, 5.74) is 0. The second kappa shape index (κ2) is 5.58. The molecule has 1 aliphatic heterocycles. The Morgan fingerprint density at radius 2 is 2.31 bits per heavy atom. The molecule has 3 nitrogen and oxygen atoms in total. The summed E-state index contributed by atoms with van der Waals surface area (Å²) in [4.78, 5) is 4.52. The first-order valence-electron chi connectivity index (χ1n) is 5.21. The molecule has 0 aliphatic carbocycles. The summed E-state index contributed by atoms with van der Waals surface area (Å²) in [6.45, 7) is 4.99. The van der Waals surface area contributed by atoms with Crippen LogP contribution in [0.4, 0.5) is 0 Å². The van der Waals surface area contributed by atoms with Crippen molar-refractivity contribution in [3.05, 3.63) is 0 Å². The SMILES string of the molecule is CCC(C)C(OO)C1CCCCO1. The van der Waals surface area contributed by atoms with E-state index in [4.69, 9.17) is 9.99 Å². The molecule has 1 fully saturated rings. The third kappa shape index (κ3) is 2.93. The smallest absolute Gasteiger partial charge is 0.121 e. The standard InChI is InChI=1S/C10H20O3/c1-3-8(2)10(13-11)9-6-4-5-7-12-9/h8-11H,3-7H2,1-2H3. The van der Waals surface area contributed by atoms with E-state index in [-0.39, 0.29) is 12.2 Å². The zero-order chi connectivity index (χ0) is 9.68. The van der Waals surface area contributed by atoms with E-state index >= 15 is 0 Å². The normalized spacial score (nSPS) is 28.4. The van der Waals surface area contributed by atoms with Gasteiger partial charge in [0.1, 0.15) is 6.10 Å². The fourth-order valence-electron chi connectivity index (χ4n) is 1.80. The highest BCUT2D eigenvalue weighted by Crippen LogP contribution is 2.23. The lowest BCUT2D eigenvalue weighted by Crippen LogP contribution is -2.38. The molecule has 3 heteroatoms. The quantitative estimate of drug-likeness (QED) is 0.544. The summed E-state index contributed by atoms with van der Waals surface area (Å²) in [7, 11) is 0. The Balaban J connectivity index is 2.43. The summed E-state index contributed by atoms with van der Waals surface area (Å²) in [6, 6.07) is 0. The molecule has 3 unspecified atom stereocenters. The molecule has 0 aromatic heterocycles. The minimum atomic E-state index is -0.148. The molecule has 1 N–H and O–H groups in total. The van der Waals surface area contributed by atoms with Crippen LogP contribution in [0.5, 0.6) is 0 Å². The lowest BCUT2D eigenvalue weighted by Gasteiger charge is -2.31. The summed E-state index contributed by atoms with van der Waals surface area (Å²) < 4.78 is 5.57. The van der Waals surface area contributed by atoms with Crippen LogP contribution in [0.3, 0.4) is 0 Å². The lowest BCUT2D eigenvalue weighted by atomic mass is 9.93. The van der Waals surface area contributed by atoms with Gasteiger partial charge in [-0.05, 0) is 25.2 Å². The van der Waals surface area contributed by atoms with Crippen molar-refractivity contribution < 1.29 is 14.9 Å². The van der Waals surface area contributed by atoms with Crippen LogP contribution in [-0.2, 0) is 9.62 Å². The lowest BCUT2D eigenvalue weighted by molar-refractivity contribution is -0.314. The molecule has 3 atom stereocenters. The van der Waals surface area contributed by atoms with Gasteiger partial charge < -0.3 is 4.74 Å². The Bertz CT molecular complexity index is 132. The van der Waals surface area contributed by atoms with Gasteiger partial charge in [0.05, 0.1) is 6.10 Å². The van der Waals surface area contributed by atoms with Crippen LogP contribution in [0.15, 0.2) is 0 Å². The first-order valence-corrected chi connectivity index (χ1v) is 5.21. The zero-order valence-corrected chi connectivity index (χ0v) is 8.53. The van der Waals surface area contributed by atoms with Gasteiger partial charge in [0, 0.05) is 6.61 Å². The van der Waals surface area contributed by atoms with Gasteiger partial charge in [-0.25, -0.2) is 4.89 Å². The first kappa shape index (κ1) is 11.0. The molecule has 0 aromatic rings. The molecule has 0 radical (unpaired) electrons. The molecule has 0 spiro atoms. The Labute approximate surface area is 80.0 Å². The second-order valence-corrected chi connectivity index (χ2v) is 3.86. The highest BCUT2D eigenvalue weighted by molar-refractivity contribution is 4.76. The van der Waals surface area contributed by atoms with Crippen LogP contribution in [-0.4, -0.2) is 24.1 Å². The Morgan fingerprint density at radius 3 is 2.77 bits per heavy atom. The molecule has 1 heterocycles. The third-order valence-electron chi connectivity index (χ3n) is 2.91. The molecule has 1 aliphatic rings. The number of ether oxygens (including phenoxy) is 1. The van der Waals surface area contributed by atoms with Crippen LogP contribution in [0.25, 0.3) is 0 Å². The second-order valence-electron chi connectivity index (χ2n) is 3.86. The van der Waals surface area contributed by atoms with Gasteiger partial charge in [0.25, 0.3) is 0 Å². The van der Waals surface area contributed by atoms with Gasteiger partial charge in [0.15, 0.2) is 0 Å². The largest absolute Gasteiger partial charge is 0.375 e. The molecule has 1 rings (SSSR count). The number of hydrogen-bond acceptors (Lipinski definition) is 3. The highest BCUT2D eigenvalue weighted by atomic mass is 17.1. The average molecular weight is 188 g/mol. The van der Waals surface area contributed by atoms with E-state index in [0.717, 1.165) is 25.9 Å². The van der Waals surface area contributed by atoms with Gasteiger partial charge in [-0.1, -0.05) is 20.3 Å². The first-order chi connectivity index (χ1) is 6.29.